The van der Waals surface area contributed by atoms with Gasteiger partial charge in [0, 0.05) is 21.4 Å². The van der Waals surface area contributed by atoms with Gasteiger partial charge in [0.2, 0.25) is 0 Å². The van der Waals surface area contributed by atoms with Crippen molar-refractivity contribution in [2.75, 3.05) is 7.05 Å². The van der Waals surface area contributed by atoms with Gasteiger partial charge in [-0.2, -0.15) is 0 Å². The Labute approximate surface area is 122 Å². The highest BCUT2D eigenvalue weighted by Crippen LogP contribution is 2.35. The fraction of sp³-hybridized carbons (Fsp3) is 0.375. The maximum atomic E-state index is 13.9. The van der Waals surface area contributed by atoms with E-state index >= 15 is 0 Å². The first-order chi connectivity index (χ1) is 9.32. The topological polar surface area (TPSA) is 12.0 Å². The minimum Gasteiger partial charge on any atom is -0.309 e. The van der Waals surface area contributed by atoms with Crippen molar-refractivity contribution in [3.8, 4) is 0 Å². The predicted octanol–water partition coefficient (Wildman–Crippen LogP) is 4.63. The Morgan fingerprint density at radius 3 is 2.30 bits per heavy atom. The van der Waals surface area contributed by atoms with Crippen LogP contribution in [-0.2, 0) is 5.41 Å². The van der Waals surface area contributed by atoms with Crippen molar-refractivity contribution in [1.29, 1.82) is 0 Å². The summed E-state index contributed by atoms with van der Waals surface area (Å²) in [7, 11) is 1.78. The van der Waals surface area contributed by atoms with E-state index in [0.717, 1.165) is 10.9 Å². The van der Waals surface area contributed by atoms with Crippen molar-refractivity contribution in [2.24, 2.45) is 0 Å². The highest BCUT2D eigenvalue weighted by molar-refractivity contribution is 7.12. The molecule has 0 aliphatic carbocycles. The lowest BCUT2D eigenvalue weighted by Crippen LogP contribution is -2.18. The minimum atomic E-state index is -0.553. The zero-order valence-electron chi connectivity index (χ0n) is 12.1. The zero-order chi connectivity index (χ0) is 14.9. The Balaban J connectivity index is 2.40. The summed E-state index contributed by atoms with van der Waals surface area (Å²) in [4.78, 5) is 2.28. The number of hydrogen-bond acceptors (Lipinski definition) is 2. The number of nitrogens with one attached hydrogen (secondary N) is 1. The van der Waals surface area contributed by atoms with Crippen molar-refractivity contribution in [1.82, 2.24) is 5.32 Å². The summed E-state index contributed by atoms with van der Waals surface area (Å²) in [6.07, 6.45) is 0. The molecule has 0 saturated heterocycles. The van der Waals surface area contributed by atoms with Gasteiger partial charge < -0.3 is 5.32 Å². The summed E-state index contributed by atoms with van der Waals surface area (Å²) >= 11 is 1.66. The Kier molecular flexibility index (Phi) is 4.25. The van der Waals surface area contributed by atoms with Crippen LogP contribution in [0, 0.1) is 11.6 Å². The number of thiophene rings is 1. The first-order valence-electron chi connectivity index (χ1n) is 6.55. The van der Waals surface area contributed by atoms with Crippen molar-refractivity contribution < 1.29 is 8.78 Å². The van der Waals surface area contributed by atoms with Gasteiger partial charge in [-0.1, -0.05) is 26.8 Å². The molecule has 0 radical (unpaired) electrons. The monoisotopic (exact) mass is 295 g/mol. The highest BCUT2D eigenvalue weighted by atomic mass is 32.1. The van der Waals surface area contributed by atoms with Crippen LogP contribution >= 0.6 is 11.3 Å². The van der Waals surface area contributed by atoms with Gasteiger partial charge >= 0.3 is 0 Å². The fourth-order valence-corrected chi connectivity index (χ4v) is 3.29. The molecule has 0 bridgehead atoms. The number of rotatable bonds is 3. The van der Waals surface area contributed by atoms with E-state index in [4.69, 9.17) is 0 Å². The SMILES string of the molecule is CNC(c1ccc(C(C)(C)C)s1)c1ccc(F)cc1F. The van der Waals surface area contributed by atoms with E-state index in [1.54, 1.807) is 18.4 Å². The van der Waals surface area contributed by atoms with Gasteiger partial charge in [0.05, 0.1) is 6.04 Å². The average Bonchev–Trinajstić information content (AvgIpc) is 2.82. The first-order valence-corrected chi connectivity index (χ1v) is 7.37. The minimum absolute atomic E-state index is 0.0720. The summed E-state index contributed by atoms with van der Waals surface area (Å²) in [5.74, 6) is -1.07. The molecular weight excluding hydrogens is 276 g/mol. The molecule has 1 aromatic carbocycles. The second-order valence-electron chi connectivity index (χ2n) is 5.84. The molecule has 4 heteroatoms. The van der Waals surface area contributed by atoms with E-state index in [1.165, 1.54) is 17.0 Å². The van der Waals surface area contributed by atoms with Crippen molar-refractivity contribution in [3.63, 3.8) is 0 Å². The molecule has 108 valence electrons. The van der Waals surface area contributed by atoms with Crippen LogP contribution in [-0.4, -0.2) is 7.05 Å². The molecule has 0 saturated carbocycles. The summed E-state index contributed by atoms with van der Waals surface area (Å²) in [5, 5.41) is 3.11. The van der Waals surface area contributed by atoms with Gasteiger partial charge in [-0.15, -0.1) is 11.3 Å². The predicted molar refractivity (Wildman–Crippen MR) is 80.3 cm³/mol. The van der Waals surface area contributed by atoms with Gasteiger partial charge in [0.15, 0.2) is 0 Å². The molecule has 20 heavy (non-hydrogen) atoms. The molecule has 2 aromatic rings. The second kappa shape index (κ2) is 5.62. The molecule has 1 nitrogen and oxygen atoms in total. The lowest BCUT2D eigenvalue weighted by molar-refractivity contribution is 0.553. The van der Waals surface area contributed by atoms with E-state index in [2.05, 4.69) is 32.2 Å². The summed E-state index contributed by atoms with van der Waals surface area (Å²) in [5.41, 5.74) is 0.541. The van der Waals surface area contributed by atoms with Crippen LogP contribution in [0.15, 0.2) is 30.3 Å². The third-order valence-corrected chi connectivity index (χ3v) is 4.79. The van der Waals surface area contributed by atoms with Crippen LogP contribution in [0.5, 0.6) is 0 Å². The maximum Gasteiger partial charge on any atom is 0.131 e. The Morgan fingerprint density at radius 1 is 1.10 bits per heavy atom. The Hall–Kier alpha value is -1.26. The fourth-order valence-electron chi connectivity index (χ4n) is 2.10. The van der Waals surface area contributed by atoms with Crippen molar-refractivity contribution in [2.45, 2.75) is 32.2 Å². The van der Waals surface area contributed by atoms with Crippen LogP contribution in [0.4, 0.5) is 8.78 Å². The van der Waals surface area contributed by atoms with Gasteiger partial charge in [-0.3, -0.25) is 0 Å². The second-order valence-corrected chi connectivity index (χ2v) is 6.95. The smallest absolute Gasteiger partial charge is 0.131 e. The van der Waals surface area contributed by atoms with Crippen LogP contribution in [0.1, 0.15) is 42.1 Å². The number of halogens is 2. The van der Waals surface area contributed by atoms with E-state index in [1.807, 2.05) is 6.07 Å². The number of hydrogen-bond donors (Lipinski definition) is 1. The summed E-state index contributed by atoms with van der Waals surface area (Å²) in [6, 6.07) is 7.55. The van der Waals surface area contributed by atoms with Crippen LogP contribution in [0.3, 0.4) is 0 Å². The molecule has 0 spiro atoms. The summed E-state index contributed by atoms with van der Waals surface area (Å²) in [6.45, 7) is 6.44. The van der Waals surface area contributed by atoms with Crippen molar-refractivity contribution in [3.05, 3.63) is 57.3 Å². The van der Waals surface area contributed by atoms with Gasteiger partial charge in [-0.25, -0.2) is 8.78 Å². The van der Waals surface area contributed by atoms with Gasteiger partial charge in [0.25, 0.3) is 0 Å². The third-order valence-electron chi connectivity index (χ3n) is 3.21. The Morgan fingerprint density at radius 2 is 1.80 bits per heavy atom. The van der Waals surface area contributed by atoms with Crippen LogP contribution in [0.25, 0.3) is 0 Å². The molecule has 1 atom stereocenters. The molecule has 0 aliphatic heterocycles. The normalized spacial score (nSPS) is 13.5. The van der Waals surface area contributed by atoms with E-state index in [0.29, 0.717) is 5.56 Å². The van der Waals surface area contributed by atoms with Gasteiger partial charge in [0.1, 0.15) is 11.6 Å². The Bertz CT molecular complexity index is 599. The third kappa shape index (κ3) is 3.07. The van der Waals surface area contributed by atoms with Crippen LogP contribution < -0.4 is 5.32 Å². The molecule has 1 N–H and O–H groups in total. The number of benzene rings is 1. The largest absolute Gasteiger partial charge is 0.309 e. The average molecular weight is 295 g/mol. The first kappa shape index (κ1) is 15.1. The maximum absolute atomic E-state index is 13.9. The van der Waals surface area contributed by atoms with E-state index in [-0.39, 0.29) is 11.5 Å². The molecular formula is C16H19F2NS. The lowest BCUT2D eigenvalue weighted by Gasteiger charge is -2.18. The quantitative estimate of drug-likeness (QED) is 0.870. The molecule has 0 fully saturated rings. The van der Waals surface area contributed by atoms with Gasteiger partial charge in [-0.05, 0) is 30.7 Å². The van der Waals surface area contributed by atoms with E-state index < -0.39 is 11.6 Å². The molecule has 2 rings (SSSR count). The highest BCUT2D eigenvalue weighted by Gasteiger charge is 2.22. The zero-order valence-corrected chi connectivity index (χ0v) is 12.9. The molecule has 1 aromatic heterocycles. The molecule has 1 heterocycles. The van der Waals surface area contributed by atoms with E-state index in [9.17, 15) is 8.78 Å². The molecule has 0 aliphatic rings. The van der Waals surface area contributed by atoms with Crippen LogP contribution in [0.2, 0.25) is 0 Å². The molecule has 1 unspecified atom stereocenters. The summed E-state index contributed by atoms with van der Waals surface area (Å²) < 4.78 is 27.0. The molecule has 0 amide bonds. The lowest BCUT2D eigenvalue weighted by atomic mass is 9.95. The standard InChI is InChI=1S/C16H19F2NS/c1-16(2,3)14-8-7-13(20-14)15(19-4)11-6-5-10(17)9-12(11)18/h5-9,15,19H,1-4H3. The van der Waals surface area contributed by atoms with Crippen molar-refractivity contribution >= 4 is 11.3 Å².